The average Bonchev–Trinajstić information content (AvgIpc) is 3.13. The molecule has 9 heteroatoms. The third-order valence-electron chi connectivity index (χ3n) is 7.02. The molecule has 1 aliphatic heterocycles. The summed E-state index contributed by atoms with van der Waals surface area (Å²) in [5.41, 5.74) is 4.62. The molecule has 2 amide bonds. The van der Waals surface area contributed by atoms with E-state index in [1.807, 2.05) is 73.2 Å². The molecule has 0 unspecified atom stereocenters. The van der Waals surface area contributed by atoms with Crippen LogP contribution in [0.2, 0.25) is 0 Å². The standard InChI is InChI=1S/C34H46N4O5/c1-7-14-38(15-8-2)32(41)29-20-27-11-9-25(21-30(27)35-31(22-29)36-33(42)43-34(3,4)5)24-10-12-28(23-40)26(19-24)13-16-37(6)17-18-39/h9-12,19-21,23,39H,7-8,13-18,22H2,1-6H3,(H,35,36,42). The summed E-state index contributed by atoms with van der Waals surface area (Å²) in [6, 6.07) is 11.6. The van der Waals surface area contributed by atoms with Crippen LogP contribution in [0.1, 0.15) is 75.4 Å². The summed E-state index contributed by atoms with van der Waals surface area (Å²) in [6.07, 6.45) is 4.61. The highest BCUT2D eigenvalue weighted by Gasteiger charge is 2.24. The molecular formula is C34H46N4O5. The molecule has 0 saturated heterocycles. The van der Waals surface area contributed by atoms with E-state index in [2.05, 4.69) is 5.32 Å². The number of benzene rings is 2. The Kier molecular flexibility index (Phi) is 12.2. The minimum absolute atomic E-state index is 0.0698. The monoisotopic (exact) mass is 590 g/mol. The van der Waals surface area contributed by atoms with Gasteiger partial charge in [0.2, 0.25) is 5.91 Å². The molecule has 0 spiro atoms. The van der Waals surface area contributed by atoms with Crippen molar-refractivity contribution in [2.45, 2.75) is 65.9 Å². The zero-order chi connectivity index (χ0) is 31.6. The molecule has 0 saturated carbocycles. The summed E-state index contributed by atoms with van der Waals surface area (Å²) in [5, 5.41) is 12.0. The summed E-state index contributed by atoms with van der Waals surface area (Å²) in [7, 11) is 1.93. The van der Waals surface area contributed by atoms with E-state index in [1.165, 1.54) is 0 Å². The Morgan fingerprint density at radius 2 is 1.70 bits per heavy atom. The number of ether oxygens (including phenoxy) is 1. The normalized spacial score (nSPS) is 13.0. The van der Waals surface area contributed by atoms with Crippen molar-refractivity contribution in [2.75, 3.05) is 39.8 Å². The molecule has 0 aliphatic carbocycles. The first-order valence-electron chi connectivity index (χ1n) is 15.1. The van der Waals surface area contributed by atoms with E-state index in [1.54, 1.807) is 20.8 Å². The zero-order valence-corrected chi connectivity index (χ0v) is 26.4. The lowest BCUT2D eigenvalue weighted by molar-refractivity contribution is -0.127. The number of nitrogens with zero attached hydrogens (tertiary/aromatic N) is 3. The highest BCUT2D eigenvalue weighted by molar-refractivity contribution is 6.08. The van der Waals surface area contributed by atoms with Gasteiger partial charge in [-0.2, -0.15) is 0 Å². The van der Waals surface area contributed by atoms with Crippen LogP contribution in [0.25, 0.3) is 17.2 Å². The smallest absolute Gasteiger partial charge is 0.413 e. The Bertz CT molecular complexity index is 1350. The first kappa shape index (κ1) is 33.7. The summed E-state index contributed by atoms with van der Waals surface area (Å²) in [5.74, 6) is 0.265. The SMILES string of the molecule is CCCN(CCC)C(=O)C1=Cc2ccc(-c3ccc(C=O)c(CCN(C)CCO)c3)cc2N=C(NC(=O)OC(C)(C)C)C1. The minimum Gasteiger partial charge on any atom is -0.444 e. The molecular weight excluding hydrogens is 544 g/mol. The quantitative estimate of drug-likeness (QED) is 0.310. The number of rotatable bonds is 12. The number of carbonyl (C=O) groups is 3. The number of aldehydes is 1. The van der Waals surface area contributed by atoms with Crippen molar-refractivity contribution >= 4 is 35.9 Å². The predicted octanol–water partition coefficient (Wildman–Crippen LogP) is 5.62. The maximum Gasteiger partial charge on any atom is 0.413 e. The number of fused-ring (bicyclic) bond motifs is 1. The van der Waals surface area contributed by atoms with Crippen molar-refractivity contribution < 1.29 is 24.2 Å². The third kappa shape index (κ3) is 9.86. The zero-order valence-electron chi connectivity index (χ0n) is 26.4. The van der Waals surface area contributed by atoms with E-state index in [0.29, 0.717) is 55.3 Å². The number of aliphatic imine (C=N–C) groups is 1. The second kappa shape index (κ2) is 15.6. The van der Waals surface area contributed by atoms with E-state index in [9.17, 15) is 19.5 Å². The highest BCUT2D eigenvalue weighted by atomic mass is 16.6. The number of likely N-dealkylation sites (N-methyl/N-ethyl adjacent to an activating group) is 1. The molecule has 2 aromatic carbocycles. The van der Waals surface area contributed by atoms with Gasteiger partial charge in [-0.1, -0.05) is 44.2 Å². The van der Waals surface area contributed by atoms with Crippen LogP contribution in [0.15, 0.2) is 47.0 Å². The van der Waals surface area contributed by atoms with Gasteiger partial charge in [-0.25, -0.2) is 9.79 Å². The number of amides is 2. The number of nitrogens with one attached hydrogen (secondary N) is 1. The van der Waals surface area contributed by atoms with E-state index in [-0.39, 0.29) is 18.9 Å². The lowest BCUT2D eigenvalue weighted by Crippen LogP contribution is -2.38. The molecule has 43 heavy (non-hydrogen) atoms. The Morgan fingerprint density at radius 3 is 2.33 bits per heavy atom. The molecule has 0 bridgehead atoms. The van der Waals surface area contributed by atoms with Gasteiger partial charge in [-0.15, -0.1) is 0 Å². The predicted molar refractivity (Wildman–Crippen MR) is 172 cm³/mol. The van der Waals surface area contributed by atoms with Gasteiger partial charge in [0.1, 0.15) is 17.7 Å². The molecule has 1 heterocycles. The molecule has 232 valence electrons. The molecule has 0 fully saturated rings. The molecule has 2 N–H and O–H groups in total. The van der Waals surface area contributed by atoms with Gasteiger partial charge < -0.3 is 19.6 Å². The van der Waals surface area contributed by atoms with Crippen LogP contribution in [-0.4, -0.2) is 84.5 Å². The van der Waals surface area contributed by atoms with Gasteiger partial charge in [0, 0.05) is 49.3 Å². The lowest BCUT2D eigenvalue weighted by atomic mass is 9.96. The van der Waals surface area contributed by atoms with Gasteiger partial charge in [-0.3, -0.25) is 14.9 Å². The number of carbonyl (C=O) groups excluding carboxylic acids is 3. The number of alkyl carbamates (subject to hydrolysis) is 1. The van der Waals surface area contributed by atoms with Crippen LogP contribution < -0.4 is 5.32 Å². The van der Waals surface area contributed by atoms with E-state index in [4.69, 9.17) is 9.73 Å². The Labute approximate surface area is 255 Å². The van der Waals surface area contributed by atoms with E-state index >= 15 is 0 Å². The van der Waals surface area contributed by atoms with Crippen LogP contribution >= 0.6 is 0 Å². The Hall–Kier alpha value is -3.82. The van der Waals surface area contributed by atoms with Crippen LogP contribution in [0.5, 0.6) is 0 Å². The Balaban J connectivity index is 2.03. The molecule has 9 nitrogen and oxygen atoms in total. The molecule has 0 radical (unpaired) electrons. The summed E-state index contributed by atoms with van der Waals surface area (Å²) in [4.78, 5) is 46.8. The topological polar surface area (TPSA) is 112 Å². The average molecular weight is 591 g/mol. The fourth-order valence-corrected chi connectivity index (χ4v) is 4.95. The van der Waals surface area contributed by atoms with Crippen molar-refractivity contribution in [3.05, 3.63) is 58.7 Å². The van der Waals surface area contributed by atoms with Crippen LogP contribution in [0.3, 0.4) is 0 Å². The Morgan fingerprint density at radius 1 is 1.02 bits per heavy atom. The first-order valence-corrected chi connectivity index (χ1v) is 15.1. The first-order chi connectivity index (χ1) is 20.5. The summed E-state index contributed by atoms with van der Waals surface area (Å²) < 4.78 is 5.48. The summed E-state index contributed by atoms with van der Waals surface area (Å²) in [6.45, 7) is 12.1. The van der Waals surface area contributed by atoms with Crippen LogP contribution in [0.4, 0.5) is 10.5 Å². The van der Waals surface area contributed by atoms with Crippen LogP contribution in [0, 0.1) is 0 Å². The number of hydrogen-bond donors (Lipinski definition) is 2. The third-order valence-corrected chi connectivity index (χ3v) is 7.02. The molecule has 0 aromatic heterocycles. The van der Waals surface area contributed by atoms with Crippen molar-refractivity contribution in [1.29, 1.82) is 0 Å². The lowest BCUT2D eigenvalue weighted by Gasteiger charge is -2.23. The van der Waals surface area contributed by atoms with Crippen molar-refractivity contribution in [1.82, 2.24) is 15.1 Å². The van der Waals surface area contributed by atoms with Crippen LogP contribution in [-0.2, 0) is 16.0 Å². The fourth-order valence-electron chi connectivity index (χ4n) is 4.95. The maximum atomic E-state index is 13.7. The van der Waals surface area contributed by atoms with Gasteiger partial charge in [-0.05, 0) is 75.9 Å². The highest BCUT2D eigenvalue weighted by Crippen LogP contribution is 2.33. The van der Waals surface area contributed by atoms with Crippen molar-refractivity contribution in [3.63, 3.8) is 0 Å². The number of aliphatic hydroxyl groups is 1. The second-order valence-electron chi connectivity index (χ2n) is 11.9. The number of hydrogen-bond acceptors (Lipinski definition) is 7. The van der Waals surface area contributed by atoms with Gasteiger partial charge in [0.25, 0.3) is 0 Å². The van der Waals surface area contributed by atoms with Crippen molar-refractivity contribution in [3.8, 4) is 11.1 Å². The molecule has 3 rings (SSSR count). The largest absolute Gasteiger partial charge is 0.444 e. The van der Waals surface area contributed by atoms with Gasteiger partial charge in [0.15, 0.2) is 0 Å². The minimum atomic E-state index is -0.688. The van der Waals surface area contributed by atoms with Crippen molar-refractivity contribution in [2.24, 2.45) is 4.99 Å². The fraction of sp³-hybridized carbons (Fsp3) is 0.471. The van der Waals surface area contributed by atoms with Gasteiger partial charge >= 0.3 is 6.09 Å². The second-order valence-corrected chi connectivity index (χ2v) is 11.9. The molecule has 1 aliphatic rings. The number of amidine groups is 1. The number of aliphatic hydroxyl groups excluding tert-OH is 1. The van der Waals surface area contributed by atoms with E-state index < -0.39 is 11.7 Å². The maximum absolute atomic E-state index is 13.7. The summed E-state index contributed by atoms with van der Waals surface area (Å²) >= 11 is 0. The molecule has 0 atom stereocenters. The van der Waals surface area contributed by atoms with E-state index in [0.717, 1.165) is 41.4 Å². The van der Waals surface area contributed by atoms with Gasteiger partial charge in [0.05, 0.1) is 12.3 Å². The molecule has 2 aromatic rings.